The largest absolute Gasteiger partial charge is 0.403 e. The van der Waals surface area contributed by atoms with Crippen molar-refractivity contribution in [2.75, 3.05) is 0 Å². The van der Waals surface area contributed by atoms with E-state index in [0.717, 1.165) is 5.56 Å². The van der Waals surface area contributed by atoms with Crippen molar-refractivity contribution >= 4 is 14.0 Å². The minimum atomic E-state index is -2.16. The minimum Gasteiger partial charge on any atom is -0.403 e. The summed E-state index contributed by atoms with van der Waals surface area (Å²) >= 11 is 0. The summed E-state index contributed by atoms with van der Waals surface area (Å²) in [5.74, 6) is 0. The maximum Gasteiger partial charge on any atom is 0.239 e. The predicted molar refractivity (Wildman–Crippen MR) is 90.5 cm³/mol. The van der Waals surface area contributed by atoms with Crippen LogP contribution in [-0.2, 0) is 4.43 Å². The van der Waals surface area contributed by atoms with E-state index in [-0.39, 0.29) is 9.96 Å². The smallest absolute Gasteiger partial charge is 0.239 e. The van der Waals surface area contributed by atoms with Crippen LogP contribution in [0.4, 0.5) is 0 Å². The quantitative estimate of drug-likeness (QED) is 0.474. The zero-order valence-electron chi connectivity index (χ0n) is 14.5. The van der Waals surface area contributed by atoms with Crippen LogP contribution in [0.15, 0.2) is 24.7 Å². The van der Waals surface area contributed by atoms with Crippen LogP contribution >= 0.6 is 0 Å². The molecule has 0 N–H and O–H groups in total. The lowest BCUT2D eigenvalue weighted by Gasteiger charge is -2.39. The van der Waals surface area contributed by atoms with E-state index < -0.39 is 20.5 Å². The molecule has 126 valence electrons. The monoisotopic (exact) mass is 336 g/mol. The van der Waals surface area contributed by atoms with E-state index >= 15 is 0 Å². The van der Waals surface area contributed by atoms with Gasteiger partial charge in [0.25, 0.3) is 0 Å². The van der Waals surface area contributed by atoms with E-state index in [1.54, 1.807) is 23.7 Å². The van der Waals surface area contributed by atoms with Gasteiger partial charge >= 0.3 is 0 Å². The van der Waals surface area contributed by atoms with Crippen molar-refractivity contribution in [1.29, 1.82) is 0 Å². The number of rotatable bonds is 5. The maximum atomic E-state index is 11.4. The summed E-state index contributed by atoms with van der Waals surface area (Å²) < 4.78 is 7.99. The van der Waals surface area contributed by atoms with E-state index in [4.69, 9.17) is 4.43 Å². The van der Waals surface area contributed by atoms with Gasteiger partial charge < -0.3 is 4.43 Å². The SMILES string of the molecule is C[C@H]([C@H](O[Si](C)(C)C(C)(C)C)c1ccc2ncnn2c1)[N+](=O)[O-]. The molecule has 0 aliphatic heterocycles. The van der Waals surface area contributed by atoms with Gasteiger partial charge in [0.2, 0.25) is 6.04 Å². The van der Waals surface area contributed by atoms with Crippen LogP contribution in [0.25, 0.3) is 5.65 Å². The average molecular weight is 336 g/mol. The first-order valence-electron chi connectivity index (χ1n) is 7.63. The molecule has 0 aromatic carbocycles. The highest BCUT2D eigenvalue weighted by Gasteiger charge is 2.43. The normalized spacial score (nSPS) is 15.6. The molecule has 0 saturated heterocycles. The molecule has 2 rings (SSSR count). The third-order valence-electron chi connectivity index (χ3n) is 4.62. The van der Waals surface area contributed by atoms with Crippen molar-refractivity contribution < 1.29 is 9.35 Å². The van der Waals surface area contributed by atoms with Crippen molar-refractivity contribution in [2.45, 2.75) is 58.0 Å². The molecule has 2 atom stereocenters. The van der Waals surface area contributed by atoms with Gasteiger partial charge in [0.15, 0.2) is 14.0 Å². The van der Waals surface area contributed by atoms with Crippen molar-refractivity contribution in [3.05, 3.63) is 40.3 Å². The Morgan fingerprint density at radius 2 is 2.00 bits per heavy atom. The van der Waals surface area contributed by atoms with Gasteiger partial charge in [-0.15, -0.1) is 0 Å². The van der Waals surface area contributed by atoms with E-state index in [0.29, 0.717) is 5.65 Å². The third kappa shape index (κ3) is 3.58. The summed E-state index contributed by atoms with van der Waals surface area (Å²) in [6, 6.07) is 2.80. The molecule has 0 aliphatic rings. The molecule has 2 aromatic rings. The number of hydrogen-bond donors (Lipinski definition) is 0. The lowest BCUT2D eigenvalue weighted by molar-refractivity contribution is -0.530. The molecule has 8 heteroatoms. The van der Waals surface area contributed by atoms with E-state index in [9.17, 15) is 10.1 Å². The molecule has 0 aliphatic carbocycles. The Hall–Kier alpha value is -1.80. The molecule has 0 unspecified atom stereocenters. The second kappa shape index (κ2) is 6.01. The number of pyridine rings is 1. The first kappa shape index (κ1) is 17.5. The summed E-state index contributed by atoms with van der Waals surface area (Å²) in [7, 11) is -2.16. The Morgan fingerprint density at radius 3 is 2.57 bits per heavy atom. The number of nitro groups is 1. The Morgan fingerprint density at radius 1 is 1.35 bits per heavy atom. The van der Waals surface area contributed by atoms with Gasteiger partial charge in [0.1, 0.15) is 12.4 Å². The van der Waals surface area contributed by atoms with Gasteiger partial charge in [-0.05, 0) is 24.2 Å². The lowest BCUT2D eigenvalue weighted by Crippen LogP contribution is -2.44. The summed E-state index contributed by atoms with van der Waals surface area (Å²) in [5.41, 5.74) is 1.45. The van der Waals surface area contributed by atoms with Crippen molar-refractivity contribution in [2.24, 2.45) is 0 Å². The Bertz CT molecular complexity index is 708. The van der Waals surface area contributed by atoms with Gasteiger partial charge in [0, 0.05) is 23.6 Å². The number of nitrogens with zero attached hydrogens (tertiary/aromatic N) is 4. The van der Waals surface area contributed by atoms with Gasteiger partial charge in [-0.25, -0.2) is 9.50 Å². The second-order valence-corrected chi connectivity index (χ2v) is 12.1. The first-order chi connectivity index (χ1) is 10.5. The number of hydrogen-bond acceptors (Lipinski definition) is 5. The standard InChI is InChI=1S/C15H24N4O3Si/c1-11(19(20)21)14(22-23(5,6)15(2,3)4)12-7-8-13-16-10-17-18(13)9-12/h7-11,14H,1-6H3/t11-,14+/m1/s1. The molecule has 23 heavy (non-hydrogen) atoms. The van der Waals surface area contributed by atoms with E-state index in [1.165, 1.54) is 6.33 Å². The highest BCUT2D eigenvalue weighted by atomic mass is 28.4. The Kier molecular flexibility index (Phi) is 4.58. The van der Waals surface area contributed by atoms with Crippen LogP contribution in [-0.4, -0.2) is 33.9 Å². The lowest BCUT2D eigenvalue weighted by atomic mass is 10.1. The topological polar surface area (TPSA) is 82.6 Å². The first-order valence-corrected chi connectivity index (χ1v) is 10.5. The highest BCUT2D eigenvalue weighted by Crippen LogP contribution is 2.40. The summed E-state index contributed by atoms with van der Waals surface area (Å²) in [6.07, 6.45) is 2.61. The molecule has 2 heterocycles. The van der Waals surface area contributed by atoms with E-state index in [1.807, 2.05) is 6.07 Å². The molecule has 2 aromatic heterocycles. The fourth-order valence-electron chi connectivity index (χ4n) is 2.05. The van der Waals surface area contributed by atoms with Crippen LogP contribution in [0.2, 0.25) is 18.1 Å². The number of aromatic nitrogens is 3. The molecule has 0 saturated carbocycles. The average Bonchev–Trinajstić information content (AvgIpc) is 2.89. The van der Waals surface area contributed by atoms with Crippen molar-refractivity contribution in [3.63, 3.8) is 0 Å². The Balaban J connectivity index is 2.43. The van der Waals surface area contributed by atoms with Crippen LogP contribution in [0.5, 0.6) is 0 Å². The summed E-state index contributed by atoms with van der Waals surface area (Å²) in [4.78, 5) is 15.2. The van der Waals surface area contributed by atoms with Gasteiger partial charge in [-0.2, -0.15) is 5.10 Å². The highest BCUT2D eigenvalue weighted by molar-refractivity contribution is 6.74. The molecular formula is C15H24N4O3Si. The van der Waals surface area contributed by atoms with Crippen molar-refractivity contribution in [3.8, 4) is 0 Å². The van der Waals surface area contributed by atoms with E-state index in [2.05, 4.69) is 43.9 Å². The van der Waals surface area contributed by atoms with Gasteiger partial charge in [-0.1, -0.05) is 26.8 Å². The molecule has 0 amide bonds. The molecule has 0 radical (unpaired) electrons. The fraction of sp³-hybridized carbons (Fsp3) is 0.600. The van der Waals surface area contributed by atoms with Gasteiger partial charge in [-0.3, -0.25) is 10.1 Å². The van der Waals surface area contributed by atoms with Crippen LogP contribution in [0.1, 0.15) is 39.4 Å². The molecule has 0 bridgehead atoms. The number of fused-ring (bicyclic) bond motifs is 1. The zero-order chi connectivity index (χ0) is 17.4. The summed E-state index contributed by atoms with van der Waals surface area (Å²) in [5, 5.41) is 15.4. The molecular weight excluding hydrogens is 312 g/mol. The fourth-order valence-corrected chi connectivity index (χ4v) is 3.37. The van der Waals surface area contributed by atoms with Crippen LogP contribution < -0.4 is 0 Å². The van der Waals surface area contributed by atoms with Crippen LogP contribution in [0, 0.1) is 10.1 Å². The maximum absolute atomic E-state index is 11.4. The minimum absolute atomic E-state index is 0.0288. The zero-order valence-corrected chi connectivity index (χ0v) is 15.5. The molecule has 0 spiro atoms. The second-order valence-electron chi connectivity index (χ2n) is 7.35. The Labute approximate surface area is 137 Å². The van der Waals surface area contributed by atoms with Crippen molar-refractivity contribution in [1.82, 2.24) is 14.6 Å². The molecule has 0 fully saturated rings. The predicted octanol–water partition coefficient (Wildman–Crippen LogP) is 3.46. The van der Waals surface area contributed by atoms with Crippen LogP contribution in [0.3, 0.4) is 0 Å². The molecule has 7 nitrogen and oxygen atoms in total. The summed E-state index contributed by atoms with van der Waals surface area (Å²) in [6.45, 7) is 12.1. The third-order valence-corrected chi connectivity index (χ3v) is 9.08. The van der Waals surface area contributed by atoms with Gasteiger partial charge in [0.05, 0.1) is 0 Å².